The fourth-order valence-electron chi connectivity index (χ4n) is 6.12. The zero-order chi connectivity index (χ0) is 27.3. The summed E-state index contributed by atoms with van der Waals surface area (Å²) in [4.78, 5) is 0. The molecule has 0 atom stereocenters. The van der Waals surface area contributed by atoms with Crippen LogP contribution in [0, 0.1) is 29.5 Å². The summed E-state index contributed by atoms with van der Waals surface area (Å²) in [5.74, 6) is 7.83. The van der Waals surface area contributed by atoms with Crippen LogP contribution in [0.3, 0.4) is 0 Å². The number of benzene rings is 3. The smallest absolute Gasteiger partial charge is 0.146 e. The zero-order valence-electron chi connectivity index (χ0n) is 24.3. The predicted molar refractivity (Wildman–Crippen MR) is 167 cm³/mol. The number of allylic oxidation sites excluding steroid dienone is 2. The van der Waals surface area contributed by atoms with Crippen LogP contribution in [0.25, 0.3) is 10.8 Å². The standard InChI is InChI=1S/C38H47F/c1-3-5-7-8-10-12-31-13-17-32(18-14-31)21-22-34-24-28-37-36(29-34)27-26-35(38(37)39)25-23-33-19-15-30(16-20-33)11-9-6-4-2/h4,6,15-16,19-20,24,26-29,31-32H,3,5,7-14,17-18,21-22H2,1-2H3/b6-4+. The van der Waals surface area contributed by atoms with Gasteiger partial charge in [-0.15, -0.1) is 0 Å². The van der Waals surface area contributed by atoms with Gasteiger partial charge in [0.15, 0.2) is 0 Å². The molecule has 4 rings (SSSR count). The van der Waals surface area contributed by atoms with Crippen molar-refractivity contribution in [3.8, 4) is 11.8 Å². The summed E-state index contributed by atoms with van der Waals surface area (Å²) >= 11 is 0. The van der Waals surface area contributed by atoms with E-state index in [2.05, 4.69) is 55.2 Å². The normalized spacial score (nSPS) is 17.4. The number of halogens is 1. The first kappa shape index (κ1) is 29.1. The lowest BCUT2D eigenvalue weighted by atomic mass is 9.77. The van der Waals surface area contributed by atoms with Crippen LogP contribution in [0.2, 0.25) is 0 Å². The summed E-state index contributed by atoms with van der Waals surface area (Å²) in [6.45, 7) is 4.34. The molecule has 0 heterocycles. The van der Waals surface area contributed by atoms with Gasteiger partial charge >= 0.3 is 0 Å². The van der Waals surface area contributed by atoms with Crippen LogP contribution < -0.4 is 0 Å². The molecule has 0 nitrogen and oxygen atoms in total. The molecule has 1 fully saturated rings. The summed E-state index contributed by atoms with van der Waals surface area (Å²) in [5.41, 5.74) is 4.01. The van der Waals surface area contributed by atoms with Gasteiger partial charge in [0.2, 0.25) is 0 Å². The molecule has 206 valence electrons. The summed E-state index contributed by atoms with van der Waals surface area (Å²) in [7, 11) is 0. The van der Waals surface area contributed by atoms with Crippen LogP contribution >= 0.6 is 0 Å². The maximum absolute atomic E-state index is 15.3. The average molecular weight is 523 g/mol. The molecule has 0 spiro atoms. The topological polar surface area (TPSA) is 0 Å². The van der Waals surface area contributed by atoms with Crippen LogP contribution in [0.15, 0.2) is 66.7 Å². The molecule has 39 heavy (non-hydrogen) atoms. The van der Waals surface area contributed by atoms with E-state index in [1.54, 1.807) is 0 Å². The minimum atomic E-state index is -0.206. The van der Waals surface area contributed by atoms with E-state index in [1.165, 1.54) is 81.8 Å². The van der Waals surface area contributed by atoms with E-state index in [9.17, 15) is 0 Å². The molecule has 1 aliphatic rings. The fourth-order valence-corrected chi connectivity index (χ4v) is 6.12. The molecule has 1 saturated carbocycles. The largest absolute Gasteiger partial charge is 0.205 e. The predicted octanol–water partition coefficient (Wildman–Crippen LogP) is 11.0. The number of fused-ring (bicyclic) bond motifs is 1. The molecule has 0 unspecified atom stereocenters. The third-order valence-electron chi connectivity index (χ3n) is 8.67. The van der Waals surface area contributed by atoms with Gasteiger partial charge in [-0.05, 0) is 79.2 Å². The van der Waals surface area contributed by atoms with E-state index in [0.29, 0.717) is 10.9 Å². The van der Waals surface area contributed by atoms with Crippen molar-refractivity contribution in [2.75, 3.05) is 0 Å². The lowest BCUT2D eigenvalue weighted by Gasteiger charge is -2.28. The van der Waals surface area contributed by atoms with Crippen molar-refractivity contribution < 1.29 is 4.39 Å². The Morgan fingerprint density at radius 3 is 2.23 bits per heavy atom. The van der Waals surface area contributed by atoms with Crippen molar-refractivity contribution in [2.24, 2.45) is 11.8 Å². The highest BCUT2D eigenvalue weighted by Crippen LogP contribution is 2.34. The van der Waals surface area contributed by atoms with E-state index < -0.39 is 0 Å². The Balaban J connectivity index is 1.28. The van der Waals surface area contributed by atoms with Gasteiger partial charge in [-0.2, -0.15) is 0 Å². The van der Waals surface area contributed by atoms with Gasteiger partial charge in [0.05, 0.1) is 5.56 Å². The summed E-state index contributed by atoms with van der Waals surface area (Å²) in [5, 5.41) is 1.65. The zero-order valence-corrected chi connectivity index (χ0v) is 24.3. The van der Waals surface area contributed by atoms with Crippen molar-refractivity contribution >= 4 is 10.8 Å². The van der Waals surface area contributed by atoms with Gasteiger partial charge in [-0.25, -0.2) is 4.39 Å². The van der Waals surface area contributed by atoms with Crippen molar-refractivity contribution in [2.45, 2.75) is 104 Å². The molecule has 1 aliphatic carbocycles. The lowest BCUT2D eigenvalue weighted by molar-refractivity contribution is 0.249. The minimum Gasteiger partial charge on any atom is -0.205 e. The third-order valence-corrected chi connectivity index (χ3v) is 8.67. The van der Waals surface area contributed by atoms with Crippen LogP contribution in [0.5, 0.6) is 0 Å². The Morgan fingerprint density at radius 1 is 0.769 bits per heavy atom. The number of hydrogen-bond acceptors (Lipinski definition) is 0. The van der Waals surface area contributed by atoms with Crippen LogP contribution in [-0.2, 0) is 12.8 Å². The van der Waals surface area contributed by atoms with E-state index in [-0.39, 0.29) is 5.82 Å². The molecular weight excluding hydrogens is 475 g/mol. The average Bonchev–Trinajstić information content (AvgIpc) is 2.97. The van der Waals surface area contributed by atoms with Gasteiger partial charge in [0, 0.05) is 10.9 Å². The Hall–Kier alpha value is -2.85. The second kappa shape index (κ2) is 15.7. The van der Waals surface area contributed by atoms with Crippen molar-refractivity contribution in [3.63, 3.8) is 0 Å². The Labute approximate surface area is 237 Å². The van der Waals surface area contributed by atoms with E-state index >= 15 is 4.39 Å². The van der Waals surface area contributed by atoms with Crippen molar-refractivity contribution in [1.29, 1.82) is 0 Å². The first-order valence-electron chi connectivity index (χ1n) is 15.6. The van der Waals surface area contributed by atoms with Gasteiger partial charge in [-0.1, -0.05) is 132 Å². The summed E-state index contributed by atoms with van der Waals surface area (Å²) in [6.07, 6.45) is 22.8. The second-order valence-electron chi connectivity index (χ2n) is 11.7. The van der Waals surface area contributed by atoms with Crippen LogP contribution in [0.4, 0.5) is 4.39 Å². The Morgan fingerprint density at radius 2 is 1.49 bits per heavy atom. The van der Waals surface area contributed by atoms with Gasteiger partial charge < -0.3 is 0 Å². The third kappa shape index (κ3) is 9.10. The van der Waals surface area contributed by atoms with Gasteiger partial charge in [0.1, 0.15) is 5.82 Å². The number of hydrogen-bond donors (Lipinski definition) is 0. The molecule has 0 amide bonds. The molecule has 0 N–H and O–H groups in total. The quantitative estimate of drug-likeness (QED) is 0.126. The van der Waals surface area contributed by atoms with E-state index in [4.69, 9.17) is 0 Å². The first-order valence-corrected chi connectivity index (χ1v) is 15.6. The fraction of sp³-hybridized carbons (Fsp3) is 0.474. The minimum absolute atomic E-state index is 0.206. The van der Waals surface area contributed by atoms with Gasteiger partial charge in [-0.3, -0.25) is 0 Å². The number of aryl methyl sites for hydroxylation is 2. The van der Waals surface area contributed by atoms with Gasteiger partial charge in [0.25, 0.3) is 0 Å². The molecule has 3 aromatic carbocycles. The highest BCUT2D eigenvalue weighted by atomic mass is 19.1. The SMILES string of the molecule is C/C=C/CCc1ccc(C#Cc2ccc3cc(CCC4CCC(CCCCCCC)CC4)ccc3c2F)cc1. The van der Waals surface area contributed by atoms with Crippen molar-refractivity contribution in [1.82, 2.24) is 0 Å². The highest BCUT2D eigenvalue weighted by molar-refractivity contribution is 5.85. The molecule has 0 saturated heterocycles. The Bertz CT molecular complexity index is 1250. The number of unbranched alkanes of at least 4 members (excludes halogenated alkanes) is 4. The highest BCUT2D eigenvalue weighted by Gasteiger charge is 2.20. The first-order chi connectivity index (χ1) is 19.2. The number of rotatable bonds is 12. The summed E-state index contributed by atoms with van der Waals surface area (Å²) in [6, 6.07) is 18.4. The molecule has 0 radical (unpaired) electrons. The lowest BCUT2D eigenvalue weighted by Crippen LogP contribution is -2.15. The van der Waals surface area contributed by atoms with E-state index in [1.807, 2.05) is 37.3 Å². The molecule has 1 heteroatoms. The molecular formula is C38H47F. The summed E-state index contributed by atoms with van der Waals surface area (Å²) < 4.78 is 15.3. The van der Waals surface area contributed by atoms with E-state index in [0.717, 1.165) is 42.0 Å². The monoisotopic (exact) mass is 522 g/mol. The maximum atomic E-state index is 15.3. The van der Waals surface area contributed by atoms with Crippen LogP contribution in [-0.4, -0.2) is 0 Å². The second-order valence-corrected chi connectivity index (χ2v) is 11.7. The molecule has 3 aromatic rings. The Kier molecular flexibility index (Phi) is 11.7. The molecule has 0 aromatic heterocycles. The van der Waals surface area contributed by atoms with Crippen molar-refractivity contribution in [3.05, 3.63) is 94.8 Å². The molecule has 0 bridgehead atoms. The van der Waals surface area contributed by atoms with Crippen LogP contribution in [0.1, 0.15) is 113 Å². The molecule has 0 aliphatic heterocycles. The maximum Gasteiger partial charge on any atom is 0.146 e.